The van der Waals surface area contributed by atoms with Crippen LogP contribution < -0.4 is 11.3 Å². The maximum atomic E-state index is 6.25. The minimum Gasteiger partial charge on any atom is -0.271 e. The van der Waals surface area contributed by atoms with E-state index in [9.17, 15) is 0 Å². The first kappa shape index (κ1) is 14.8. The van der Waals surface area contributed by atoms with Gasteiger partial charge in [-0.3, -0.25) is 5.84 Å². The van der Waals surface area contributed by atoms with Gasteiger partial charge < -0.3 is 0 Å². The molecule has 0 amide bonds. The van der Waals surface area contributed by atoms with Crippen molar-refractivity contribution in [2.75, 3.05) is 0 Å². The van der Waals surface area contributed by atoms with Crippen molar-refractivity contribution in [2.24, 2.45) is 5.84 Å². The summed E-state index contributed by atoms with van der Waals surface area (Å²) in [5, 5.41) is 1.20. The van der Waals surface area contributed by atoms with E-state index in [0.717, 1.165) is 21.2 Å². The lowest BCUT2D eigenvalue weighted by atomic mass is 9.95. The lowest BCUT2D eigenvalue weighted by Crippen LogP contribution is -2.29. The van der Waals surface area contributed by atoms with E-state index in [1.807, 2.05) is 31.2 Å². The number of nitrogens with one attached hydrogen (secondary N) is 1. The molecule has 0 radical (unpaired) electrons. The van der Waals surface area contributed by atoms with Gasteiger partial charge in [0.25, 0.3) is 0 Å². The fraction of sp³-hybridized carbons (Fsp3) is 0.143. The van der Waals surface area contributed by atoms with Crippen LogP contribution in [0, 0.1) is 6.92 Å². The van der Waals surface area contributed by atoms with Gasteiger partial charge in [-0.25, -0.2) is 5.43 Å². The number of halogens is 3. The average Bonchev–Trinajstić information content (AvgIpc) is 2.37. The minimum atomic E-state index is -0.178. The van der Waals surface area contributed by atoms with Gasteiger partial charge in [0.05, 0.1) is 6.04 Å². The Bertz CT molecular complexity index is 602. The van der Waals surface area contributed by atoms with Gasteiger partial charge in [0.1, 0.15) is 0 Å². The normalized spacial score (nSPS) is 12.5. The average molecular weight is 360 g/mol. The van der Waals surface area contributed by atoms with Gasteiger partial charge in [-0.1, -0.05) is 57.3 Å². The summed E-state index contributed by atoms with van der Waals surface area (Å²) in [4.78, 5) is 0. The van der Waals surface area contributed by atoms with Crippen LogP contribution in [0.2, 0.25) is 10.0 Å². The molecule has 0 heterocycles. The van der Waals surface area contributed by atoms with Gasteiger partial charge >= 0.3 is 0 Å². The summed E-state index contributed by atoms with van der Waals surface area (Å²) in [6.45, 7) is 2.04. The molecule has 0 spiro atoms. The molecule has 3 N–H and O–H groups in total. The summed E-state index contributed by atoms with van der Waals surface area (Å²) in [6.07, 6.45) is 0. The predicted octanol–water partition coefficient (Wildman–Crippen LogP) is 4.62. The second-order valence-electron chi connectivity index (χ2n) is 4.22. The topological polar surface area (TPSA) is 38.0 Å². The predicted molar refractivity (Wildman–Crippen MR) is 84.5 cm³/mol. The fourth-order valence-corrected chi connectivity index (χ4v) is 2.92. The molecule has 0 saturated carbocycles. The number of hydrogen-bond donors (Lipinski definition) is 2. The van der Waals surface area contributed by atoms with Crippen molar-refractivity contribution in [1.29, 1.82) is 0 Å². The van der Waals surface area contributed by atoms with Crippen molar-refractivity contribution in [3.63, 3.8) is 0 Å². The maximum Gasteiger partial charge on any atom is 0.0727 e. The van der Waals surface area contributed by atoms with Crippen LogP contribution in [0.15, 0.2) is 40.9 Å². The van der Waals surface area contributed by atoms with E-state index in [1.54, 1.807) is 12.1 Å². The molecule has 100 valence electrons. The van der Waals surface area contributed by atoms with E-state index < -0.39 is 0 Å². The van der Waals surface area contributed by atoms with Gasteiger partial charge in [0.15, 0.2) is 0 Å². The number of hydrazine groups is 1. The summed E-state index contributed by atoms with van der Waals surface area (Å²) in [6, 6.07) is 11.2. The smallest absolute Gasteiger partial charge is 0.0727 e. The molecule has 0 aliphatic carbocycles. The van der Waals surface area contributed by atoms with E-state index >= 15 is 0 Å². The highest BCUT2D eigenvalue weighted by Gasteiger charge is 2.18. The van der Waals surface area contributed by atoms with Crippen LogP contribution in [-0.4, -0.2) is 0 Å². The Hall–Kier alpha value is -0.580. The quantitative estimate of drug-likeness (QED) is 0.620. The fourth-order valence-electron chi connectivity index (χ4n) is 2.02. The second kappa shape index (κ2) is 6.25. The molecule has 0 saturated heterocycles. The zero-order chi connectivity index (χ0) is 14.0. The number of rotatable bonds is 3. The molecule has 2 nitrogen and oxygen atoms in total. The second-order valence-corrected chi connectivity index (χ2v) is 5.92. The molecule has 2 aromatic rings. The molecular weight excluding hydrogens is 347 g/mol. The van der Waals surface area contributed by atoms with Crippen molar-refractivity contribution in [2.45, 2.75) is 13.0 Å². The Kier molecular flexibility index (Phi) is 4.87. The highest BCUT2D eigenvalue weighted by atomic mass is 79.9. The van der Waals surface area contributed by atoms with Crippen LogP contribution in [0.4, 0.5) is 0 Å². The summed E-state index contributed by atoms with van der Waals surface area (Å²) in [5.74, 6) is 5.71. The monoisotopic (exact) mass is 358 g/mol. The van der Waals surface area contributed by atoms with Crippen LogP contribution in [0.5, 0.6) is 0 Å². The van der Waals surface area contributed by atoms with E-state index in [-0.39, 0.29) is 6.04 Å². The van der Waals surface area contributed by atoms with Gasteiger partial charge in [0, 0.05) is 14.5 Å². The third-order valence-electron chi connectivity index (χ3n) is 3.06. The molecular formula is C14H13BrCl2N2. The van der Waals surface area contributed by atoms with Gasteiger partial charge in [-0.05, 0) is 41.8 Å². The van der Waals surface area contributed by atoms with Crippen molar-refractivity contribution in [1.82, 2.24) is 5.43 Å². The summed E-state index contributed by atoms with van der Waals surface area (Å²) >= 11 is 15.7. The van der Waals surface area contributed by atoms with Gasteiger partial charge in [-0.2, -0.15) is 0 Å². The third kappa shape index (κ3) is 3.12. The molecule has 1 atom stereocenters. The molecule has 2 rings (SSSR count). The molecule has 0 fully saturated rings. The van der Waals surface area contributed by atoms with Crippen molar-refractivity contribution in [3.8, 4) is 0 Å². The first-order chi connectivity index (χ1) is 9.04. The molecule has 2 aromatic carbocycles. The Morgan fingerprint density at radius 3 is 2.53 bits per heavy atom. The van der Waals surface area contributed by atoms with E-state index in [0.29, 0.717) is 10.0 Å². The maximum absolute atomic E-state index is 6.25. The molecule has 1 unspecified atom stereocenters. The summed E-state index contributed by atoms with van der Waals surface area (Å²) < 4.78 is 1.04. The lowest BCUT2D eigenvalue weighted by molar-refractivity contribution is 0.633. The Balaban J connectivity index is 2.53. The zero-order valence-corrected chi connectivity index (χ0v) is 13.4. The zero-order valence-electron chi connectivity index (χ0n) is 10.3. The van der Waals surface area contributed by atoms with Crippen molar-refractivity contribution in [3.05, 3.63) is 67.6 Å². The van der Waals surface area contributed by atoms with E-state index in [2.05, 4.69) is 21.4 Å². The first-order valence-corrected chi connectivity index (χ1v) is 7.25. The van der Waals surface area contributed by atoms with Crippen LogP contribution >= 0.6 is 39.1 Å². The van der Waals surface area contributed by atoms with Crippen LogP contribution in [0.3, 0.4) is 0 Å². The first-order valence-electron chi connectivity index (χ1n) is 5.70. The standard InChI is InChI=1S/C14H13BrCl2N2/c1-8-10(3-2-4-12(8)15)14(19-18)11-6-5-9(16)7-13(11)17/h2-7,14,19H,18H2,1H3. The van der Waals surface area contributed by atoms with Crippen molar-refractivity contribution < 1.29 is 0 Å². The minimum absolute atomic E-state index is 0.178. The van der Waals surface area contributed by atoms with Crippen LogP contribution in [-0.2, 0) is 0 Å². The number of hydrogen-bond acceptors (Lipinski definition) is 2. The van der Waals surface area contributed by atoms with Gasteiger partial charge in [0.2, 0.25) is 0 Å². The molecule has 0 aromatic heterocycles. The summed E-state index contributed by atoms with van der Waals surface area (Å²) in [5.41, 5.74) is 5.90. The largest absolute Gasteiger partial charge is 0.271 e. The number of benzene rings is 2. The van der Waals surface area contributed by atoms with E-state index in [4.69, 9.17) is 29.0 Å². The van der Waals surface area contributed by atoms with Crippen molar-refractivity contribution >= 4 is 39.1 Å². The lowest BCUT2D eigenvalue weighted by Gasteiger charge is -2.21. The summed E-state index contributed by atoms with van der Waals surface area (Å²) in [7, 11) is 0. The molecule has 19 heavy (non-hydrogen) atoms. The highest BCUT2D eigenvalue weighted by molar-refractivity contribution is 9.10. The van der Waals surface area contributed by atoms with Crippen LogP contribution in [0.1, 0.15) is 22.7 Å². The Morgan fingerprint density at radius 2 is 1.89 bits per heavy atom. The Morgan fingerprint density at radius 1 is 1.16 bits per heavy atom. The number of nitrogens with two attached hydrogens (primary N) is 1. The van der Waals surface area contributed by atoms with E-state index in [1.165, 1.54) is 0 Å². The molecule has 5 heteroatoms. The van der Waals surface area contributed by atoms with Crippen LogP contribution in [0.25, 0.3) is 0 Å². The third-order valence-corrected chi connectivity index (χ3v) is 4.48. The molecule has 0 aliphatic rings. The SMILES string of the molecule is Cc1c(Br)cccc1C(NN)c1ccc(Cl)cc1Cl. The highest BCUT2D eigenvalue weighted by Crippen LogP contribution is 2.33. The molecule has 0 aliphatic heterocycles. The van der Waals surface area contributed by atoms with Gasteiger partial charge in [-0.15, -0.1) is 0 Å². The molecule has 0 bridgehead atoms. The Labute approximate surface area is 131 Å².